The first-order chi connectivity index (χ1) is 16.3. The van der Waals surface area contributed by atoms with Gasteiger partial charge in [-0.1, -0.05) is 0 Å². The lowest BCUT2D eigenvalue weighted by atomic mass is 10.1. The van der Waals surface area contributed by atoms with Crippen LogP contribution in [-0.2, 0) is 10.9 Å². The van der Waals surface area contributed by atoms with E-state index in [1.165, 1.54) is 10.9 Å². The molecule has 3 atom stereocenters. The van der Waals surface area contributed by atoms with Crippen LogP contribution in [0.3, 0.4) is 0 Å². The highest BCUT2D eigenvalue weighted by Gasteiger charge is 2.42. The molecule has 6 rings (SSSR count). The molecular weight excluding hydrogens is 449 g/mol. The number of hydrogen-bond donors (Lipinski definition) is 1. The molecule has 3 aromatic rings. The largest absolute Gasteiger partial charge is 0.435 e. The third kappa shape index (κ3) is 3.42. The summed E-state index contributed by atoms with van der Waals surface area (Å²) in [5, 5.41) is 10.7. The molecule has 182 valence electrons. The van der Waals surface area contributed by atoms with Crippen molar-refractivity contribution < 1.29 is 17.9 Å². The van der Waals surface area contributed by atoms with Crippen LogP contribution in [0.1, 0.15) is 25.5 Å². The molecule has 3 fully saturated rings. The summed E-state index contributed by atoms with van der Waals surface area (Å²) in [7, 11) is 2.03. The first kappa shape index (κ1) is 21.7. The Bertz CT molecular complexity index is 1180. The van der Waals surface area contributed by atoms with Crippen molar-refractivity contribution in [2.24, 2.45) is 0 Å². The van der Waals surface area contributed by atoms with E-state index in [-0.39, 0.29) is 29.2 Å². The van der Waals surface area contributed by atoms with E-state index in [0.717, 1.165) is 25.9 Å². The van der Waals surface area contributed by atoms with E-state index < -0.39 is 11.9 Å². The maximum atomic E-state index is 14.3. The second-order valence-electron chi connectivity index (χ2n) is 9.53. The van der Waals surface area contributed by atoms with E-state index in [2.05, 4.69) is 30.0 Å². The molecule has 12 heteroatoms. The fraction of sp³-hybridized carbons (Fsp3) is 0.591. The van der Waals surface area contributed by atoms with Crippen molar-refractivity contribution in [1.82, 2.24) is 29.9 Å². The van der Waals surface area contributed by atoms with Gasteiger partial charge in [-0.15, -0.1) is 0 Å². The molecule has 0 radical (unpaired) electrons. The molecule has 34 heavy (non-hydrogen) atoms. The number of alkyl halides is 3. The SMILES string of the molecule is C[C@@H]1CN(C)CCN1c1cc(N2C3CCC2COC3)nc2c1c(C(F)(F)F)nn2-c1ccn[nH]1. The summed E-state index contributed by atoms with van der Waals surface area (Å²) in [4.78, 5) is 11.3. The number of piperazine rings is 1. The van der Waals surface area contributed by atoms with Crippen molar-refractivity contribution in [3.05, 3.63) is 24.0 Å². The number of ether oxygens (including phenoxy) is 1. The summed E-state index contributed by atoms with van der Waals surface area (Å²) >= 11 is 0. The highest BCUT2D eigenvalue weighted by Crippen LogP contribution is 2.43. The summed E-state index contributed by atoms with van der Waals surface area (Å²) in [6.07, 6.45) is -1.17. The number of likely N-dealkylation sites (N-methyl/N-ethyl adjacent to an activating group) is 1. The third-order valence-electron chi connectivity index (χ3n) is 7.23. The number of nitrogens with zero attached hydrogens (tertiary/aromatic N) is 7. The van der Waals surface area contributed by atoms with Crippen molar-refractivity contribution in [2.45, 2.75) is 44.1 Å². The number of morpholine rings is 1. The van der Waals surface area contributed by atoms with Crippen LogP contribution < -0.4 is 9.80 Å². The second kappa shape index (κ2) is 7.84. The maximum Gasteiger partial charge on any atom is 0.435 e. The number of aromatic nitrogens is 5. The number of hydrogen-bond acceptors (Lipinski definition) is 7. The minimum Gasteiger partial charge on any atom is -0.377 e. The van der Waals surface area contributed by atoms with E-state index in [9.17, 15) is 13.2 Å². The number of rotatable bonds is 3. The molecule has 0 amide bonds. The number of H-pyrrole nitrogens is 1. The number of anilines is 2. The van der Waals surface area contributed by atoms with E-state index >= 15 is 0 Å². The summed E-state index contributed by atoms with van der Waals surface area (Å²) in [5.41, 5.74) is -0.215. The van der Waals surface area contributed by atoms with Crippen molar-refractivity contribution in [3.8, 4) is 5.82 Å². The van der Waals surface area contributed by atoms with Gasteiger partial charge in [0, 0.05) is 37.8 Å². The van der Waals surface area contributed by atoms with Gasteiger partial charge in [0.15, 0.2) is 17.2 Å². The highest BCUT2D eigenvalue weighted by molar-refractivity contribution is 5.95. The third-order valence-corrected chi connectivity index (χ3v) is 7.23. The summed E-state index contributed by atoms with van der Waals surface area (Å²) < 4.78 is 49.8. The van der Waals surface area contributed by atoms with Crippen LogP contribution >= 0.6 is 0 Å². The molecule has 3 aliphatic rings. The second-order valence-corrected chi connectivity index (χ2v) is 9.53. The standard InChI is InChI=1S/C22H27F3N8O/c1-13-10-30(2)7-8-31(13)16-9-18(32-14-3-4-15(32)12-34-11-14)27-21-19(16)20(22(23,24)25)29-33(21)17-5-6-26-28-17/h5-6,9,13-15H,3-4,7-8,10-12H2,1-2H3,(H,26,28)/t13-,14?,15?/m1/s1. The first-order valence-corrected chi connectivity index (χ1v) is 11.6. The summed E-state index contributed by atoms with van der Waals surface area (Å²) in [6, 6.07) is 3.82. The average Bonchev–Trinajstić information content (AvgIpc) is 3.49. The van der Waals surface area contributed by atoms with Gasteiger partial charge in [0.25, 0.3) is 0 Å². The molecule has 3 aliphatic heterocycles. The van der Waals surface area contributed by atoms with Crippen molar-refractivity contribution >= 4 is 22.5 Å². The number of halogens is 3. The van der Waals surface area contributed by atoms with Gasteiger partial charge < -0.3 is 19.4 Å². The van der Waals surface area contributed by atoms with Crippen LogP contribution in [0.25, 0.3) is 16.9 Å². The Balaban J connectivity index is 1.61. The van der Waals surface area contributed by atoms with Crippen LogP contribution in [0.15, 0.2) is 18.3 Å². The van der Waals surface area contributed by atoms with Gasteiger partial charge in [-0.2, -0.15) is 28.1 Å². The fourth-order valence-electron chi connectivity index (χ4n) is 5.68. The smallest absolute Gasteiger partial charge is 0.377 e. The van der Waals surface area contributed by atoms with Crippen LogP contribution in [0, 0.1) is 0 Å². The van der Waals surface area contributed by atoms with E-state index in [4.69, 9.17) is 9.72 Å². The predicted molar refractivity (Wildman–Crippen MR) is 120 cm³/mol. The van der Waals surface area contributed by atoms with Gasteiger partial charge in [0.05, 0.1) is 42.6 Å². The predicted octanol–water partition coefficient (Wildman–Crippen LogP) is 2.67. The summed E-state index contributed by atoms with van der Waals surface area (Å²) in [5.74, 6) is 1.02. The number of nitrogens with one attached hydrogen (secondary N) is 1. The molecule has 9 nitrogen and oxygen atoms in total. The van der Waals surface area contributed by atoms with Crippen LogP contribution in [0.2, 0.25) is 0 Å². The van der Waals surface area contributed by atoms with Crippen LogP contribution in [0.4, 0.5) is 24.7 Å². The molecule has 0 aliphatic carbocycles. The lowest BCUT2D eigenvalue weighted by Gasteiger charge is -2.41. The monoisotopic (exact) mass is 476 g/mol. The van der Waals surface area contributed by atoms with Gasteiger partial charge in [-0.25, -0.2) is 4.98 Å². The van der Waals surface area contributed by atoms with Gasteiger partial charge >= 0.3 is 6.18 Å². The Hall–Kier alpha value is -2.86. The van der Waals surface area contributed by atoms with Crippen LogP contribution in [-0.4, -0.2) is 87.9 Å². The van der Waals surface area contributed by atoms with Gasteiger partial charge in [-0.05, 0) is 26.8 Å². The number of fused-ring (bicyclic) bond motifs is 3. The van der Waals surface area contributed by atoms with Gasteiger partial charge in [0.2, 0.25) is 0 Å². The molecule has 6 heterocycles. The molecular formula is C22H27F3N8O. The Morgan fingerprint density at radius 2 is 1.91 bits per heavy atom. The van der Waals surface area contributed by atoms with Crippen molar-refractivity contribution in [1.29, 1.82) is 0 Å². The lowest BCUT2D eigenvalue weighted by Crippen LogP contribution is -2.51. The van der Waals surface area contributed by atoms with Crippen molar-refractivity contribution in [2.75, 3.05) is 49.7 Å². The molecule has 3 saturated heterocycles. The molecule has 0 saturated carbocycles. The Kier molecular flexibility index (Phi) is 4.99. The zero-order valence-corrected chi connectivity index (χ0v) is 19.1. The van der Waals surface area contributed by atoms with Crippen molar-refractivity contribution in [3.63, 3.8) is 0 Å². The highest BCUT2D eigenvalue weighted by atomic mass is 19.4. The van der Waals surface area contributed by atoms with Gasteiger partial charge in [-0.3, -0.25) is 5.10 Å². The zero-order valence-electron chi connectivity index (χ0n) is 19.1. The molecule has 0 spiro atoms. The summed E-state index contributed by atoms with van der Waals surface area (Å²) in [6.45, 7) is 5.40. The molecule has 3 aromatic heterocycles. The van der Waals surface area contributed by atoms with E-state index in [1.807, 2.05) is 20.0 Å². The number of aromatic amines is 1. The topological polar surface area (TPSA) is 78.3 Å². The molecule has 0 aromatic carbocycles. The Morgan fingerprint density at radius 1 is 1.15 bits per heavy atom. The maximum absolute atomic E-state index is 14.3. The average molecular weight is 477 g/mol. The minimum absolute atomic E-state index is 0.0304. The van der Waals surface area contributed by atoms with E-state index in [1.54, 1.807) is 6.07 Å². The van der Waals surface area contributed by atoms with E-state index in [0.29, 0.717) is 37.1 Å². The molecule has 2 bridgehead atoms. The molecule has 1 N–H and O–H groups in total. The lowest BCUT2D eigenvalue weighted by molar-refractivity contribution is -0.140. The first-order valence-electron chi connectivity index (χ1n) is 11.6. The Morgan fingerprint density at radius 3 is 2.56 bits per heavy atom. The Labute approximate surface area is 194 Å². The van der Waals surface area contributed by atoms with Gasteiger partial charge in [0.1, 0.15) is 5.82 Å². The zero-order chi connectivity index (χ0) is 23.6. The normalized spacial score (nSPS) is 26.1. The van der Waals surface area contributed by atoms with Crippen LogP contribution in [0.5, 0.6) is 0 Å². The number of pyridine rings is 1. The quantitative estimate of drug-likeness (QED) is 0.623. The molecule has 2 unspecified atom stereocenters. The fourth-order valence-corrected chi connectivity index (χ4v) is 5.68. The minimum atomic E-state index is -4.63.